The number of hydrogen-bond acceptors (Lipinski definition) is 5. The maximum atomic E-state index is 12.9. The number of benzene rings is 1. The molecule has 0 bridgehead atoms. The number of hydrogen-bond donors (Lipinski definition) is 2. The summed E-state index contributed by atoms with van der Waals surface area (Å²) in [6.45, 7) is 3.26. The number of nitrogens with one attached hydrogen (secondary N) is 2. The Kier molecular flexibility index (Phi) is 6.64. The van der Waals surface area contributed by atoms with E-state index in [0.717, 1.165) is 18.4 Å². The van der Waals surface area contributed by atoms with Crippen LogP contribution < -0.4 is 15.4 Å². The molecule has 0 spiro atoms. The van der Waals surface area contributed by atoms with Gasteiger partial charge in [0.05, 0.1) is 5.02 Å². The third-order valence-corrected chi connectivity index (χ3v) is 4.48. The third-order valence-electron chi connectivity index (χ3n) is 4.19. The number of alkyl halides is 1. The first-order chi connectivity index (χ1) is 13.8. The van der Waals surface area contributed by atoms with Gasteiger partial charge in [0.2, 0.25) is 11.9 Å². The molecule has 3 rings (SSSR count). The average molecular weight is 421 g/mol. The standard InChI is InChI=1S/C20H22ClFN4O3/c1-11(22)10-29-17-6-3-13(8-15(17)21)9-23-19(28)16-7-12(2)24-20(25-16)26-18(27)14-4-5-14/h3,6-8,11,14H,4-5,9-10H2,1-2H3,(H,23,28)(H,24,25,26,27)/t11-/m1/s1. The Hall–Kier alpha value is -2.74. The van der Waals surface area contributed by atoms with Crippen molar-refractivity contribution in [2.24, 2.45) is 5.92 Å². The van der Waals surface area contributed by atoms with Crippen molar-refractivity contribution in [1.29, 1.82) is 0 Å². The first-order valence-corrected chi connectivity index (χ1v) is 9.69. The van der Waals surface area contributed by atoms with Crippen molar-refractivity contribution in [1.82, 2.24) is 15.3 Å². The number of ether oxygens (including phenoxy) is 1. The van der Waals surface area contributed by atoms with Gasteiger partial charge in [-0.3, -0.25) is 14.9 Å². The second-order valence-corrected chi connectivity index (χ2v) is 7.43. The Bertz CT molecular complexity index is 919. The number of aromatic nitrogens is 2. The van der Waals surface area contributed by atoms with Gasteiger partial charge in [-0.1, -0.05) is 17.7 Å². The zero-order chi connectivity index (χ0) is 21.0. The SMILES string of the molecule is Cc1cc(C(=O)NCc2ccc(OC[C@@H](C)F)c(Cl)c2)nc(NC(=O)C2CC2)n1. The number of carbonyl (C=O) groups excluding carboxylic acids is 2. The minimum absolute atomic E-state index is 0.0150. The summed E-state index contributed by atoms with van der Waals surface area (Å²) in [5.41, 5.74) is 1.48. The number of halogens is 2. The Morgan fingerprint density at radius 1 is 1.31 bits per heavy atom. The van der Waals surface area contributed by atoms with Gasteiger partial charge in [0, 0.05) is 18.2 Å². The summed E-state index contributed by atoms with van der Waals surface area (Å²) in [7, 11) is 0. The Labute approximate surface area is 173 Å². The molecule has 2 aromatic rings. The predicted octanol–water partition coefficient (Wildman–Crippen LogP) is 3.45. The van der Waals surface area contributed by atoms with Gasteiger partial charge in [0.15, 0.2) is 0 Å². The first kappa shape index (κ1) is 21.0. The quantitative estimate of drug-likeness (QED) is 0.682. The summed E-state index contributed by atoms with van der Waals surface area (Å²) in [4.78, 5) is 32.6. The summed E-state index contributed by atoms with van der Waals surface area (Å²) < 4.78 is 18.2. The number of anilines is 1. The van der Waals surface area contributed by atoms with Gasteiger partial charge >= 0.3 is 0 Å². The lowest BCUT2D eigenvalue weighted by molar-refractivity contribution is -0.117. The average Bonchev–Trinajstić information content (AvgIpc) is 3.50. The van der Waals surface area contributed by atoms with Gasteiger partial charge in [-0.2, -0.15) is 0 Å². The van der Waals surface area contributed by atoms with Crippen molar-refractivity contribution >= 4 is 29.4 Å². The molecule has 154 valence electrons. The van der Waals surface area contributed by atoms with Crippen LogP contribution in [0.3, 0.4) is 0 Å². The number of amides is 2. The topological polar surface area (TPSA) is 93.2 Å². The van der Waals surface area contributed by atoms with E-state index in [4.69, 9.17) is 16.3 Å². The Morgan fingerprint density at radius 2 is 2.07 bits per heavy atom. The molecule has 0 unspecified atom stereocenters. The van der Waals surface area contributed by atoms with Crippen molar-refractivity contribution in [3.63, 3.8) is 0 Å². The first-order valence-electron chi connectivity index (χ1n) is 9.32. The third kappa shape index (κ3) is 6.12. The van der Waals surface area contributed by atoms with E-state index >= 15 is 0 Å². The molecule has 29 heavy (non-hydrogen) atoms. The second kappa shape index (κ2) is 9.17. The molecular formula is C20H22ClFN4O3. The van der Waals surface area contributed by atoms with E-state index < -0.39 is 12.1 Å². The highest BCUT2D eigenvalue weighted by Crippen LogP contribution is 2.29. The van der Waals surface area contributed by atoms with Crippen LogP contribution in [0.5, 0.6) is 5.75 Å². The van der Waals surface area contributed by atoms with Crippen molar-refractivity contribution in [3.8, 4) is 5.75 Å². The molecule has 1 saturated carbocycles. The Morgan fingerprint density at radius 3 is 2.72 bits per heavy atom. The molecule has 1 aromatic heterocycles. The maximum Gasteiger partial charge on any atom is 0.270 e. The highest BCUT2D eigenvalue weighted by molar-refractivity contribution is 6.32. The molecule has 1 heterocycles. The lowest BCUT2D eigenvalue weighted by Gasteiger charge is -2.11. The van der Waals surface area contributed by atoms with E-state index in [0.29, 0.717) is 16.5 Å². The summed E-state index contributed by atoms with van der Waals surface area (Å²) >= 11 is 6.14. The van der Waals surface area contributed by atoms with E-state index in [1.54, 1.807) is 31.2 Å². The molecule has 0 radical (unpaired) electrons. The monoisotopic (exact) mass is 420 g/mol. The molecule has 2 amide bonds. The molecule has 1 aromatic carbocycles. The van der Waals surface area contributed by atoms with Gasteiger partial charge in [-0.25, -0.2) is 14.4 Å². The lowest BCUT2D eigenvalue weighted by Crippen LogP contribution is -2.25. The van der Waals surface area contributed by atoms with Crippen LogP contribution in [-0.4, -0.2) is 34.6 Å². The van der Waals surface area contributed by atoms with Crippen LogP contribution in [-0.2, 0) is 11.3 Å². The van der Waals surface area contributed by atoms with Gasteiger partial charge in [0.1, 0.15) is 24.2 Å². The van der Waals surface area contributed by atoms with Gasteiger partial charge in [0.25, 0.3) is 5.91 Å². The molecule has 0 saturated heterocycles. The molecule has 1 aliphatic rings. The number of nitrogens with zero attached hydrogens (tertiary/aromatic N) is 2. The molecule has 0 aliphatic heterocycles. The molecule has 1 atom stereocenters. The zero-order valence-corrected chi connectivity index (χ0v) is 16.9. The van der Waals surface area contributed by atoms with Crippen LogP contribution in [0.4, 0.5) is 10.3 Å². The maximum absolute atomic E-state index is 12.9. The van der Waals surface area contributed by atoms with Crippen LogP contribution in [0.25, 0.3) is 0 Å². The van der Waals surface area contributed by atoms with Crippen LogP contribution in [0.1, 0.15) is 41.5 Å². The molecule has 7 nitrogen and oxygen atoms in total. The summed E-state index contributed by atoms with van der Waals surface area (Å²) in [5, 5.41) is 5.74. The van der Waals surface area contributed by atoms with E-state index in [1.165, 1.54) is 6.92 Å². The van der Waals surface area contributed by atoms with Crippen LogP contribution >= 0.6 is 11.6 Å². The number of rotatable bonds is 8. The zero-order valence-electron chi connectivity index (χ0n) is 16.2. The largest absolute Gasteiger partial charge is 0.489 e. The van der Waals surface area contributed by atoms with Crippen molar-refractivity contribution in [2.75, 3.05) is 11.9 Å². The van der Waals surface area contributed by atoms with Crippen LogP contribution in [0.2, 0.25) is 5.02 Å². The molecule has 1 aliphatic carbocycles. The van der Waals surface area contributed by atoms with Gasteiger partial charge in [-0.15, -0.1) is 0 Å². The minimum atomic E-state index is -1.10. The van der Waals surface area contributed by atoms with Crippen molar-refractivity contribution in [2.45, 2.75) is 39.4 Å². The summed E-state index contributed by atoms with van der Waals surface area (Å²) in [6, 6.07) is 6.56. The fourth-order valence-corrected chi connectivity index (χ4v) is 2.81. The fourth-order valence-electron chi connectivity index (χ4n) is 2.55. The number of carbonyl (C=O) groups is 2. The molecular weight excluding hydrogens is 399 g/mol. The molecule has 2 N–H and O–H groups in total. The van der Waals surface area contributed by atoms with Crippen molar-refractivity contribution < 1.29 is 18.7 Å². The number of aryl methyl sites for hydroxylation is 1. The summed E-state index contributed by atoms with van der Waals surface area (Å²) in [6.07, 6.45) is 0.634. The van der Waals surface area contributed by atoms with E-state index in [-0.39, 0.29) is 36.6 Å². The van der Waals surface area contributed by atoms with Crippen LogP contribution in [0, 0.1) is 12.8 Å². The highest BCUT2D eigenvalue weighted by atomic mass is 35.5. The molecule has 9 heteroatoms. The predicted molar refractivity (Wildman–Crippen MR) is 107 cm³/mol. The Balaban J connectivity index is 1.60. The van der Waals surface area contributed by atoms with Gasteiger partial charge < -0.3 is 10.1 Å². The smallest absolute Gasteiger partial charge is 0.270 e. The minimum Gasteiger partial charge on any atom is -0.489 e. The van der Waals surface area contributed by atoms with Gasteiger partial charge in [-0.05, 0) is 50.5 Å². The summed E-state index contributed by atoms with van der Waals surface area (Å²) in [5.74, 6) is -0.00482. The van der Waals surface area contributed by atoms with E-state index in [2.05, 4.69) is 20.6 Å². The normalized spacial score (nSPS) is 14.2. The fraction of sp³-hybridized carbons (Fsp3) is 0.400. The highest BCUT2D eigenvalue weighted by Gasteiger charge is 2.30. The second-order valence-electron chi connectivity index (χ2n) is 7.02. The van der Waals surface area contributed by atoms with E-state index in [1.807, 2.05) is 0 Å². The van der Waals surface area contributed by atoms with E-state index in [9.17, 15) is 14.0 Å². The lowest BCUT2D eigenvalue weighted by atomic mass is 10.2. The van der Waals surface area contributed by atoms with Crippen LogP contribution in [0.15, 0.2) is 24.3 Å². The molecule has 1 fully saturated rings. The van der Waals surface area contributed by atoms with Crippen molar-refractivity contribution in [3.05, 3.63) is 46.2 Å².